The Morgan fingerprint density at radius 3 is 1.83 bits per heavy atom. The average Bonchev–Trinajstić information content (AvgIpc) is 2.41. The number of Topliss-reactive ketones (excluding diaryl/α,β-unsaturated/α-hetero) is 1. The number of phenolic OH excluding ortho intramolecular Hbond substituents is 1. The van der Waals surface area contributed by atoms with Crippen LogP contribution in [0, 0.1) is 0 Å². The van der Waals surface area contributed by atoms with Crippen LogP contribution in [0.2, 0.25) is 0 Å². The number of aromatic hydroxyl groups is 1. The summed E-state index contributed by atoms with van der Waals surface area (Å²) < 4.78 is 0. The molecule has 4 heteroatoms. The summed E-state index contributed by atoms with van der Waals surface area (Å²) in [5, 5.41) is 13.2. The Labute approximate surface area is 145 Å². The highest BCUT2D eigenvalue weighted by Gasteiger charge is 2.26. The molecule has 1 aromatic rings. The summed E-state index contributed by atoms with van der Waals surface area (Å²) in [5.41, 5.74) is 2.48. The van der Waals surface area contributed by atoms with Gasteiger partial charge < -0.3 is 10.4 Å². The Morgan fingerprint density at radius 2 is 1.46 bits per heavy atom. The zero-order valence-corrected chi connectivity index (χ0v) is 16.0. The Kier molecular flexibility index (Phi) is 6.20. The van der Waals surface area contributed by atoms with E-state index in [1.807, 2.05) is 12.1 Å². The van der Waals surface area contributed by atoms with Gasteiger partial charge in [-0.1, -0.05) is 53.7 Å². The number of hydrogen-bond acceptors (Lipinski definition) is 3. The highest BCUT2D eigenvalue weighted by Crippen LogP contribution is 2.39. The first-order valence-corrected chi connectivity index (χ1v) is 8.45. The average molecular weight is 333 g/mol. The van der Waals surface area contributed by atoms with Crippen LogP contribution < -0.4 is 5.32 Å². The number of nitrogens with one attached hydrogen (secondary N) is 1. The lowest BCUT2D eigenvalue weighted by Crippen LogP contribution is -2.27. The van der Waals surface area contributed by atoms with Crippen LogP contribution in [0.3, 0.4) is 0 Å². The number of carbonyl (C=O) groups is 2. The molecule has 4 nitrogen and oxygen atoms in total. The first-order chi connectivity index (χ1) is 10.8. The van der Waals surface area contributed by atoms with Gasteiger partial charge in [0.25, 0.3) is 0 Å². The predicted octanol–water partition coefficient (Wildman–Crippen LogP) is 3.63. The third kappa shape index (κ3) is 5.66. The van der Waals surface area contributed by atoms with Crippen molar-refractivity contribution >= 4 is 11.7 Å². The van der Waals surface area contributed by atoms with Crippen LogP contribution in [0.4, 0.5) is 0 Å². The minimum absolute atomic E-state index is 0.00731. The maximum atomic E-state index is 11.9. The van der Waals surface area contributed by atoms with Gasteiger partial charge in [0, 0.05) is 13.3 Å². The largest absolute Gasteiger partial charge is 0.507 e. The highest BCUT2D eigenvalue weighted by molar-refractivity contribution is 5.85. The Hall–Kier alpha value is -1.84. The molecule has 0 radical (unpaired) electrons. The SMILES string of the molecule is CC(=O)NCC(=O)CCc1cc(C(C)(C)C)c(O)c(C(C)(C)C)c1. The van der Waals surface area contributed by atoms with Crippen LogP contribution in [0.15, 0.2) is 12.1 Å². The summed E-state index contributed by atoms with van der Waals surface area (Å²) in [5.74, 6) is 0.161. The quantitative estimate of drug-likeness (QED) is 0.865. The molecule has 0 aliphatic heterocycles. The smallest absolute Gasteiger partial charge is 0.217 e. The van der Waals surface area contributed by atoms with Crippen molar-refractivity contribution in [2.45, 2.75) is 72.1 Å². The van der Waals surface area contributed by atoms with E-state index in [4.69, 9.17) is 0 Å². The van der Waals surface area contributed by atoms with Crippen molar-refractivity contribution in [3.05, 3.63) is 28.8 Å². The van der Waals surface area contributed by atoms with E-state index in [1.54, 1.807) is 0 Å². The molecule has 1 aromatic carbocycles. The predicted molar refractivity (Wildman–Crippen MR) is 97.5 cm³/mol. The van der Waals surface area contributed by atoms with Crippen LogP contribution in [0.25, 0.3) is 0 Å². The van der Waals surface area contributed by atoms with Gasteiger partial charge in [0.15, 0.2) is 5.78 Å². The van der Waals surface area contributed by atoms with Gasteiger partial charge in [-0.15, -0.1) is 0 Å². The second-order valence-corrected chi connectivity index (χ2v) is 8.49. The molecule has 0 heterocycles. The minimum atomic E-state index is -0.196. The summed E-state index contributed by atoms with van der Waals surface area (Å²) in [6.07, 6.45) is 0.975. The molecule has 0 aliphatic carbocycles. The van der Waals surface area contributed by atoms with Crippen molar-refractivity contribution in [2.75, 3.05) is 6.54 Å². The van der Waals surface area contributed by atoms with Crippen molar-refractivity contribution in [1.29, 1.82) is 0 Å². The molecule has 24 heavy (non-hydrogen) atoms. The summed E-state index contributed by atoms with van der Waals surface area (Å²) in [6, 6.07) is 3.99. The zero-order chi connectivity index (χ0) is 18.7. The van der Waals surface area contributed by atoms with E-state index in [0.717, 1.165) is 16.7 Å². The third-order valence-electron chi connectivity index (χ3n) is 4.01. The number of carbonyl (C=O) groups excluding carboxylic acids is 2. The molecule has 0 aliphatic rings. The maximum absolute atomic E-state index is 11.9. The Morgan fingerprint density at radius 1 is 1.00 bits per heavy atom. The molecule has 1 amide bonds. The fourth-order valence-corrected chi connectivity index (χ4v) is 2.58. The molecule has 0 aromatic heterocycles. The second kappa shape index (κ2) is 7.37. The minimum Gasteiger partial charge on any atom is -0.507 e. The first kappa shape index (κ1) is 20.2. The zero-order valence-electron chi connectivity index (χ0n) is 16.0. The van der Waals surface area contributed by atoms with Gasteiger partial charge in [-0.2, -0.15) is 0 Å². The molecular weight excluding hydrogens is 302 g/mol. The third-order valence-corrected chi connectivity index (χ3v) is 4.01. The van der Waals surface area contributed by atoms with Gasteiger partial charge in [-0.05, 0) is 33.9 Å². The number of phenols is 1. The lowest BCUT2D eigenvalue weighted by atomic mass is 9.78. The fraction of sp³-hybridized carbons (Fsp3) is 0.600. The molecular formula is C20H31NO3. The molecule has 0 spiro atoms. The summed E-state index contributed by atoms with van der Waals surface area (Å²) in [4.78, 5) is 22.8. The van der Waals surface area contributed by atoms with Gasteiger partial charge in [0.05, 0.1) is 6.54 Å². The number of amides is 1. The molecule has 134 valence electrons. The number of benzene rings is 1. The van der Waals surface area contributed by atoms with Gasteiger partial charge >= 0.3 is 0 Å². The van der Waals surface area contributed by atoms with Crippen LogP contribution in [0.1, 0.15) is 71.6 Å². The van der Waals surface area contributed by atoms with E-state index >= 15 is 0 Å². The molecule has 1 rings (SSSR count). The molecule has 2 N–H and O–H groups in total. The van der Waals surface area contributed by atoms with Crippen LogP contribution in [-0.2, 0) is 26.8 Å². The number of rotatable bonds is 5. The topological polar surface area (TPSA) is 66.4 Å². The van der Waals surface area contributed by atoms with Crippen LogP contribution >= 0.6 is 0 Å². The van der Waals surface area contributed by atoms with E-state index in [0.29, 0.717) is 18.6 Å². The summed E-state index contributed by atoms with van der Waals surface area (Å²) >= 11 is 0. The van der Waals surface area contributed by atoms with Crippen molar-refractivity contribution in [2.24, 2.45) is 0 Å². The first-order valence-electron chi connectivity index (χ1n) is 8.45. The van der Waals surface area contributed by atoms with Gasteiger partial charge in [0.2, 0.25) is 5.91 Å². The monoisotopic (exact) mass is 333 g/mol. The molecule has 0 unspecified atom stereocenters. The van der Waals surface area contributed by atoms with Crippen molar-refractivity contribution in [1.82, 2.24) is 5.32 Å². The number of aryl methyl sites for hydroxylation is 1. The van der Waals surface area contributed by atoms with Gasteiger partial charge in [0.1, 0.15) is 5.75 Å². The molecule has 0 saturated carbocycles. The second-order valence-electron chi connectivity index (χ2n) is 8.49. The Balaban J connectivity index is 3.07. The van der Waals surface area contributed by atoms with E-state index in [9.17, 15) is 14.7 Å². The lowest BCUT2D eigenvalue weighted by molar-refractivity contribution is -0.123. The number of hydrogen-bond donors (Lipinski definition) is 2. The van der Waals surface area contributed by atoms with Crippen molar-refractivity contribution in [3.63, 3.8) is 0 Å². The fourth-order valence-electron chi connectivity index (χ4n) is 2.58. The van der Waals surface area contributed by atoms with E-state index < -0.39 is 0 Å². The maximum Gasteiger partial charge on any atom is 0.217 e. The number of ketones is 1. The van der Waals surface area contributed by atoms with E-state index in [-0.39, 0.29) is 29.1 Å². The molecule has 0 fully saturated rings. The molecule has 0 atom stereocenters. The van der Waals surface area contributed by atoms with E-state index in [2.05, 4.69) is 46.9 Å². The normalized spacial score (nSPS) is 12.1. The Bertz CT molecular complexity index is 584. The summed E-state index contributed by atoms with van der Waals surface area (Å²) in [7, 11) is 0. The molecule has 0 saturated heterocycles. The standard InChI is InChI=1S/C20H31NO3/c1-13(22)21-12-15(23)9-8-14-10-16(19(2,3)4)18(24)17(11-14)20(5,6)7/h10-11,24H,8-9,12H2,1-7H3,(H,21,22). The van der Waals surface area contributed by atoms with Gasteiger partial charge in [-0.25, -0.2) is 0 Å². The van der Waals surface area contributed by atoms with Crippen LogP contribution in [-0.4, -0.2) is 23.3 Å². The van der Waals surface area contributed by atoms with E-state index in [1.165, 1.54) is 6.92 Å². The molecule has 0 bridgehead atoms. The van der Waals surface area contributed by atoms with Gasteiger partial charge in [-0.3, -0.25) is 9.59 Å². The highest BCUT2D eigenvalue weighted by atomic mass is 16.3. The summed E-state index contributed by atoms with van der Waals surface area (Å²) in [6.45, 7) is 13.9. The van der Waals surface area contributed by atoms with Crippen LogP contribution in [0.5, 0.6) is 5.75 Å². The lowest BCUT2D eigenvalue weighted by Gasteiger charge is -2.28. The van der Waals surface area contributed by atoms with Crippen molar-refractivity contribution < 1.29 is 14.7 Å². The van der Waals surface area contributed by atoms with Crippen molar-refractivity contribution in [3.8, 4) is 5.75 Å².